The molecule has 3 nitrogen and oxygen atoms in total. The SMILES string of the molecule is CCN1CCC(CN(C)C(C)O)CC1. The van der Waals surface area contributed by atoms with Crippen molar-refractivity contribution in [3.63, 3.8) is 0 Å². The van der Waals surface area contributed by atoms with Crippen LogP contribution in [0.5, 0.6) is 0 Å². The van der Waals surface area contributed by atoms with Crippen LogP contribution in [0.15, 0.2) is 0 Å². The van der Waals surface area contributed by atoms with Crippen LogP contribution in [0.2, 0.25) is 0 Å². The first-order valence-corrected chi connectivity index (χ1v) is 5.74. The van der Waals surface area contributed by atoms with E-state index in [1.54, 1.807) is 0 Å². The van der Waals surface area contributed by atoms with Crippen molar-refractivity contribution in [2.75, 3.05) is 33.2 Å². The fourth-order valence-electron chi connectivity index (χ4n) is 2.05. The molecule has 1 unspecified atom stereocenters. The molecule has 0 saturated carbocycles. The van der Waals surface area contributed by atoms with Crippen LogP contribution in [-0.4, -0.2) is 54.4 Å². The molecule has 1 aliphatic heterocycles. The van der Waals surface area contributed by atoms with Gasteiger partial charge in [-0.1, -0.05) is 6.92 Å². The van der Waals surface area contributed by atoms with Crippen LogP contribution < -0.4 is 0 Å². The Kier molecular flexibility index (Phi) is 4.85. The van der Waals surface area contributed by atoms with Crippen molar-refractivity contribution < 1.29 is 5.11 Å². The van der Waals surface area contributed by atoms with Crippen LogP contribution in [0, 0.1) is 5.92 Å². The molecule has 1 rings (SSSR count). The number of piperidine rings is 1. The van der Waals surface area contributed by atoms with Crippen LogP contribution in [0.1, 0.15) is 26.7 Å². The Bertz CT molecular complexity index is 153. The fraction of sp³-hybridized carbons (Fsp3) is 1.00. The quantitative estimate of drug-likeness (QED) is 0.686. The maximum atomic E-state index is 9.37. The molecule has 1 heterocycles. The number of aliphatic hydroxyl groups is 1. The molecule has 0 bridgehead atoms. The Hall–Kier alpha value is -0.120. The fourth-order valence-corrected chi connectivity index (χ4v) is 2.05. The Morgan fingerprint density at radius 1 is 1.43 bits per heavy atom. The second-order valence-electron chi connectivity index (χ2n) is 4.45. The average Bonchev–Trinajstić information content (AvgIpc) is 2.19. The molecule has 0 amide bonds. The van der Waals surface area contributed by atoms with Gasteiger partial charge in [-0.25, -0.2) is 0 Å². The molecule has 1 fully saturated rings. The van der Waals surface area contributed by atoms with E-state index in [1.165, 1.54) is 32.5 Å². The van der Waals surface area contributed by atoms with Crippen molar-refractivity contribution in [2.45, 2.75) is 32.9 Å². The smallest absolute Gasteiger partial charge is 0.104 e. The van der Waals surface area contributed by atoms with Gasteiger partial charge in [-0.3, -0.25) is 4.90 Å². The van der Waals surface area contributed by atoms with Gasteiger partial charge in [0, 0.05) is 6.54 Å². The van der Waals surface area contributed by atoms with Crippen molar-refractivity contribution in [1.29, 1.82) is 0 Å². The zero-order valence-electron chi connectivity index (χ0n) is 9.74. The third-order valence-electron chi connectivity index (χ3n) is 3.34. The lowest BCUT2D eigenvalue weighted by Gasteiger charge is -2.33. The third kappa shape index (κ3) is 3.56. The Morgan fingerprint density at radius 2 is 2.00 bits per heavy atom. The summed E-state index contributed by atoms with van der Waals surface area (Å²) in [4.78, 5) is 4.53. The lowest BCUT2D eigenvalue weighted by atomic mass is 9.96. The highest BCUT2D eigenvalue weighted by molar-refractivity contribution is 4.73. The van der Waals surface area contributed by atoms with Gasteiger partial charge in [0.2, 0.25) is 0 Å². The van der Waals surface area contributed by atoms with Gasteiger partial charge in [0.1, 0.15) is 6.23 Å². The van der Waals surface area contributed by atoms with Crippen LogP contribution in [0.4, 0.5) is 0 Å². The molecule has 0 aromatic rings. The van der Waals surface area contributed by atoms with E-state index >= 15 is 0 Å². The molecule has 0 radical (unpaired) electrons. The molecule has 0 aromatic heterocycles. The summed E-state index contributed by atoms with van der Waals surface area (Å²) < 4.78 is 0. The third-order valence-corrected chi connectivity index (χ3v) is 3.34. The van der Waals surface area contributed by atoms with E-state index in [4.69, 9.17) is 0 Å². The van der Waals surface area contributed by atoms with Crippen LogP contribution in [-0.2, 0) is 0 Å². The van der Waals surface area contributed by atoms with Crippen LogP contribution in [0.3, 0.4) is 0 Å². The molecule has 3 heteroatoms. The van der Waals surface area contributed by atoms with Gasteiger partial charge in [0.15, 0.2) is 0 Å². The van der Waals surface area contributed by atoms with Gasteiger partial charge in [-0.05, 0) is 52.4 Å². The molecule has 0 aromatic carbocycles. The van der Waals surface area contributed by atoms with E-state index in [2.05, 4.69) is 11.8 Å². The highest BCUT2D eigenvalue weighted by Crippen LogP contribution is 2.17. The second-order valence-corrected chi connectivity index (χ2v) is 4.45. The van der Waals surface area contributed by atoms with Gasteiger partial charge < -0.3 is 10.0 Å². The molecule has 14 heavy (non-hydrogen) atoms. The van der Waals surface area contributed by atoms with Crippen LogP contribution >= 0.6 is 0 Å². The number of rotatable bonds is 4. The van der Waals surface area contributed by atoms with E-state index < -0.39 is 0 Å². The monoisotopic (exact) mass is 200 g/mol. The number of hydrogen-bond donors (Lipinski definition) is 1. The van der Waals surface area contributed by atoms with Crippen molar-refractivity contribution in [3.8, 4) is 0 Å². The lowest BCUT2D eigenvalue weighted by Crippen LogP contribution is -2.39. The molecule has 1 N–H and O–H groups in total. The summed E-state index contributed by atoms with van der Waals surface area (Å²) in [5.41, 5.74) is 0. The van der Waals surface area contributed by atoms with Gasteiger partial charge in [0.05, 0.1) is 0 Å². The average molecular weight is 200 g/mol. The summed E-state index contributed by atoms with van der Waals surface area (Å²) in [5, 5.41) is 9.37. The van der Waals surface area contributed by atoms with E-state index in [-0.39, 0.29) is 6.23 Å². The predicted molar refractivity (Wildman–Crippen MR) is 59.1 cm³/mol. The topological polar surface area (TPSA) is 26.7 Å². The number of hydrogen-bond acceptors (Lipinski definition) is 3. The summed E-state index contributed by atoms with van der Waals surface area (Å²) in [6.45, 7) is 8.74. The van der Waals surface area contributed by atoms with Crippen molar-refractivity contribution in [3.05, 3.63) is 0 Å². The molecule has 84 valence electrons. The minimum absolute atomic E-state index is 0.306. The minimum Gasteiger partial charge on any atom is -0.379 e. The zero-order valence-corrected chi connectivity index (χ0v) is 9.74. The van der Waals surface area contributed by atoms with Gasteiger partial charge in [-0.15, -0.1) is 0 Å². The maximum absolute atomic E-state index is 9.37. The highest BCUT2D eigenvalue weighted by Gasteiger charge is 2.20. The van der Waals surface area contributed by atoms with Gasteiger partial charge in [-0.2, -0.15) is 0 Å². The van der Waals surface area contributed by atoms with Crippen molar-refractivity contribution in [2.24, 2.45) is 5.92 Å². The van der Waals surface area contributed by atoms with Crippen molar-refractivity contribution in [1.82, 2.24) is 9.80 Å². The standard InChI is InChI=1S/C11H24N2O/c1-4-13-7-5-11(6-8-13)9-12(3)10(2)14/h10-11,14H,4-9H2,1-3H3. The van der Waals surface area contributed by atoms with E-state index in [0.29, 0.717) is 0 Å². The molecule has 1 saturated heterocycles. The minimum atomic E-state index is -0.306. The first-order chi connectivity index (χ1) is 6.63. The summed E-state index contributed by atoms with van der Waals surface area (Å²) in [7, 11) is 2.00. The molecule has 1 aliphatic rings. The highest BCUT2D eigenvalue weighted by atomic mass is 16.3. The first-order valence-electron chi connectivity index (χ1n) is 5.74. The number of aliphatic hydroxyl groups excluding tert-OH is 1. The molecule has 0 spiro atoms. The number of nitrogens with zero attached hydrogens (tertiary/aromatic N) is 2. The summed E-state index contributed by atoms with van der Waals surface area (Å²) in [6.07, 6.45) is 2.26. The van der Waals surface area contributed by atoms with E-state index in [1.807, 2.05) is 18.9 Å². The lowest BCUT2D eigenvalue weighted by molar-refractivity contribution is 0.0198. The Morgan fingerprint density at radius 3 is 2.43 bits per heavy atom. The number of likely N-dealkylation sites (tertiary alicyclic amines) is 1. The summed E-state index contributed by atoms with van der Waals surface area (Å²) >= 11 is 0. The predicted octanol–water partition coefficient (Wildman–Crippen LogP) is 0.988. The molecular formula is C11H24N2O. The Labute approximate surface area is 87.7 Å². The second kappa shape index (κ2) is 5.69. The molecular weight excluding hydrogens is 176 g/mol. The molecule has 0 aliphatic carbocycles. The Balaban J connectivity index is 2.22. The van der Waals surface area contributed by atoms with Gasteiger partial charge in [0.25, 0.3) is 0 Å². The van der Waals surface area contributed by atoms with Crippen LogP contribution in [0.25, 0.3) is 0 Å². The maximum Gasteiger partial charge on any atom is 0.104 e. The first kappa shape index (κ1) is 12.0. The van der Waals surface area contributed by atoms with Crippen molar-refractivity contribution >= 4 is 0 Å². The molecule has 1 atom stereocenters. The van der Waals surface area contributed by atoms with E-state index in [9.17, 15) is 5.11 Å². The summed E-state index contributed by atoms with van der Waals surface area (Å²) in [5.74, 6) is 0.775. The normalized spacial score (nSPS) is 22.9. The zero-order chi connectivity index (χ0) is 10.6. The van der Waals surface area contributed by atoms with E-state index in [0.717, 1.165) is 12.5 Å². The largest absolute Gasteiger partial charge is 0.379 e. The summed E-state index contributed by atoms with van der Waals surface area (Å²) in [6, 6.07) is 0. The van der Waals surface area contributed by atoms with Gasteiger partial charge >= 0.3 is 0 Å².